The molecular weight excluding hydrogens is 246 g/mol. The molecule has 0 aromatic carbocycles. The van der Waals surface area contributed by atoms with Gasteiger partial charge in [-0.05, 0) is 18.5 Å². The van der Waals surface area contributed by atoms with Crippen LogP contribution in [0.2, 0.25) is 0 Å². The van der Waals surface area contributed by atoms with Crippen molar-refractivity contribution >= 4 is 22.5 Å². The number of nitrogens with zero attached hydrogens (tertiary/aromatic N) is 2. The predicted molar refractivity (Wildman–Crippen MR) is 50.8 cm³/mol. The van der Waals surface area contributed by atoms with Crippen LogP contribution in [-0.2, 0) is 0 Å². The molecule has 0 amide bonds. The lowest BCUT2D eigenvalue weighted by Crippen LogP contribution is -2.05. The van der Waals surface area contributed by atoms with Crippen LogP contribution in [0.15, 0.2) is 6.07 Å². The smallest absolute Gasteiger partial charge is 0.274 e. The van der Waals surface area contributed by atoms with Crippen molar-refractivity contribution in [3.63, 3.8) is 0 Å². The first-order valence-corrected chi connectivity index (χ1v) is 4.36. The molecule has 0 aliphatic rings. The minimum atomic E-state index is -3.00. The van der Waals surface area contributed by atoms with Crippen molar-refractivity contribution in [1.82, 2.24) is 4.98 Å². The molecule has 0 N–H and O–H groups in total. The second kappa shape index (κ2) is 4.48. The van der Waals surface area contributed by atoms with Crippen LogP contribution < -0.4 is 0 Å². The number of carbonyl (C=O) groups excluding carboxylic acids is 1. The number of hydrogen-bond donors (Lipinski definition) is 0. The molecule has 16 heavy (non-hydrogen) atoms. The first-order chi connectivity index (χ1) is 7.34. The molecule has 0 atom stereocenters. The van der Waals surface area contributed by atoms with E-state index < -0.39 is 33.7 Å². The molecule has 0 saturated heterocycles. The van der Waals surface area contributed by atoms with Gasteiger partial charge in [0.25, 0.3) is 17.4 Å². The molecule has 0 spiro atoms. The number of nitro groups is 1. The minimum absolute atomic E-state index is 0.276. The van der Waals surface area contributed by atoms with Gasteiger partial charge in [0.2, 0.25) is 0 Å². The highest BCUT2D eigenvalue weighted by Gasteiger charge is 2.24. The summed E-state index contributed by atoms with van der Waals surface area (Å²) >= 11 is 5.04. The number of carbonyl (C=O) groups is 1. The molecule has 1 heterocycles. The van der Waals surface area contributed by atoms with E-state index in [1.807, 2.05) is 0 Å². The van der Waals surface area contributed by atoms with Gasteiger partial charge in [-0.1, -0.05) is 0 Å². The lowest BCUT2D eigenvalue weighted by atomic mass is 10.1. The summed E-state index contributed by atoms with van der Waals surface area (Å²) in [6.07, 6.45) is -3.00. The number of aromatic nitrogens is 1. The van der Waals surface area contributed by atoms with Gasteiger partial charge in [-0.15, -0.1) is 0 Å². The third-order valence-electron chi connectivity index (χ3n) is 1.89. The summed E-state index contributed by atoms with van der Waals surface area (Å²) in [7, 11) is 0. The Morgan fingerprint density at radius 1 is 1.62 bits per heavy atom. The maximum Gasteiger partial charge on any atom is 0.280 e. The molecule has 0 fully saturated rings. The summed E-state index contributed by atoms with van der Waals surface area (Å²) in [5, 5.41) is 9.43. The molecule has 1 aromatic heterocycles. The molecule has 0 unspecified atom stereocenters. The first-order valence-electron chi connectivity index (χ1n) is 3.98. The maximum atomic E-state index is 12.5. The summed E-state index contributed by atoms with van der Waals surface area (Å²) in [6.45, 7) is 1.13. The molecule has 0 saturated carbocycles. The average Bonchev–Trinajstić information content (AvgIpc) is 2.16. The van der Waals surface area contributed by atoms with Crippen LogP contribution in [-0.4, -0.2) is 15.1 Å². The molecule has 1 aromatic rings. The molecule has 0 aliphatic carbocycles. The van der Waals surface area contributed by atoms with Gasteiger partial charge in [-0.3, -0.25) is 14.9 Å². The monoisotopic (exact) mass is 250 g/mol. The molecule has 8 heteroatoms. The second-order valence-electron chi connectivity index (χ2n) is 2.87. The maximum absolute atomic E-state index is 12.5. The van der Waals surface area contributed by atoms with Gasteiger partial charge >= 0.3 is 0 Å². The van der Waals surface area contributed by atoms with E-state index in [1.165, 1.54) is 0 Å². The van der Waals surface area contributed by atoms with Crippen LogP contribution >= 0.6 is 11.6 Å². The Kier molecular flexibility index (Phi) is 3.48. The Bertz CT molecular complexity index is 465. The Morgan fingerprint density at radius 3 is 2.56 bits per heavy atom. The molecule has 0 aliphatic heterocycles. The van der Waals surface area contributed by atoms with E-state index in [1.54, 1.807) is 0 Å². The van der Waals surface area contributed by atoms with Crippen molar-refractivity contribution in [3.8, 4) is 0 Å². The Labute approximate surface area is 93.2 Å². The average molecular weight is 251 g/mol. The third-order valence-corrected chi connectivity index (χ3v) is 2.08. The first kappa shape index (κ1) is 12.4. The molecule has 86 valence electrons. The number of alkyl halides is 2. The lowest BCUT2D eigenvalue weighted by Gasteiger charge is -2.05. The quantitative estimate of drug-likeness (QED) is 0.469. The van der Waals surface area contributed by atoms with Crippen LogP contribution in [0.4, 0.5) is 14.5 Å². The van der Waals surface area contributed by atoms with Gasteiger partial charge in [0, 0.05) is 6.07 Å². The summed E-state index contributed by atoms with van der Waals surface area (Å²) < 4.78 is 25.0. The van der Waals surface area contributed by atoms with Crippen molar-refractivity contribution in [2.24, 2.45) is 0 Å². The van der Waals surface area contributed by atoms with Gasteiger partial charge < -0.3 is 0 Å². The van der Waals surface area contributed by atoms with Gasteiger partial charge in [0.15, 0.2) is 0 Å². The zero-order chi connectivity index (χ0) is 12.5. The zero-order valence-electron chi connectivity index (χ0n) is 7.91. The molecule has 5 nitrogen and oxygen atoms in total. The van der Waals surface area contributed by atoms with Crippen molar-refractivity contribution < 1.29 is 18.5 Å². The summed E-state index contributed by atoms with van der Waals surface area (Å²) in [4.78, 5) is 23.7. The van der Waals surface area contributed by atoms with E-state index in [0.29, 0.717) is 0 Å². The summed E-state index contributed by atoms with van der Waals surface area (Å²) in [6, 6.07) is 0.774. The minimum Gasteiger partial charge on any atom is -0.274 e. The van der Waals surface area contributed by atoms with Crippen molar-refractivity contribution in [1.29, 1.82) is 0 Å². The largest absolute Gasteiger partial charge is 0.280 e. The van der Waals surface area contributed by atoms with Crippen molar-refractivity contribution in [2.45, 2.75) is 13.3 Å². The Morgan fingerprint density at radius 2 is 2.19 bits per heavy atom. The topological polar surface area (TPSA) is 73.1 Å². The van der Waals surface area contributed by atoms with Gasteiger partial charge in [0.05, 0.1) is 10.5 Å². The Hall–Kier alpha value is -1.63. The van der Waals surface area contributed by atoms with Crippen molar-refractivity contribution in [2.75, 3.05) is 0 Å². The van der Waals surface area contributed by atoms with Crippen LogP contribution in [0, 0.1) is 17.0 Å². The fourth-order valence-electron chi connectivity index (χ4n) is 1.12. The fourth-order valence-corrected chi connectivity index (χ4v) is 1.21. The summed E-state index contributed by atoms with van der Waals surface area (Å²) in [5.41, 5.74) is -2.25. The van der Waals surface area contributed by atoms with E-state index in [9.17, 15) is 23.7 Å². The number of pyridine rings is 1. The highest BCUT2D eigenvalue weighted by atomic mass is 35.5. The van der Waals surface area contributed by atoms with Gasteiger partial charge in [0.1, 0.15) is 11.4 Å². The normalized spacial score (nSPS) is 10.6. The van der Waals surface area contributed by atoms with Crippen LogP contribution in [0.25, 0.3) is 0 Å². The van der Waals surface area contributed by atoms with Crippen LogP contribution in [0.5, 0.6) is 0 Å². The number of halogens is 3. The number of rotatable bonds is 3. The SMILES string of the molecule is Cc1c([N+](=O)[O-])cc(C(=O)Cl)nc1C(F)F. The van der Waals surface area contributed by atoms with E-state index in [4.69, 9.17) is 11.6 Å². The summed E-state index contributed by atoms with van der Waals surface area (Å²) in [5.74, 6) is 0. The third kappa shape index (κ3) is 2.30. The second-order valence-corrected chi connectivity index (χ2v) is 3.21. The van der Waals surface area contributed by atoms with Gasteiger partial charge in [-0.25, -0.2) is 13.8 Å². The molecule has 0 bridgehead atoms. The highest BCUT2D eigenvalue weighted by molar-refractivity contribution is 6.67. The molecule has 0 radical (unpaired) electrons. The Balaban J connectivity index is 3.51. The zero-order valence-corrected chi connectivity index (χ0v) is 8.66. The van der Waals surface area contributed by atoms with E-state index in [2.05, 4.69) is 4.98 Å². The van der Waals surface area contributed by atoms with Gasteiger partial charge in [-0.2, -0.15) is 0 Å². The van der Waals surface area contributed by atoms with E-state index in [0.717, 1.165) is 13.0 Å². The number of hydrogen-bond acceptors (Lipinski definition) is 4. The standard InChI is InChI=1S/C8H5ClF2N2O3/c1-3-5(13(15)16)2-4(7(9)14)12-6(3)8(10)11/h2,8H,1H3. The van der Waals surface area contributed by atoms with Crippen molar-refractivity contribution in [3.05, 3.63) is 33.1 Å². The van der Waals surface area contributed by atoms with E-state index in [-0.39, 0.29) is 5.56 Å². The highest BCUT2D eigenvalue weighted by Crippen LogP contribution is 2.28. The van der Waals surface area contributed by atoms with Crippen LogP contribution in [0.3, 0.4) is 0 Å². The van der Waals surface area contributed by atoms with E-state index >= 15 is 0 Å². The fraction of sp³-hybridized carbons (Fsp3) is 0.250. The molecular formula is C8H5ClF2N2O3. The molecule has 1 rings (SSSR count). The predicted octanol–water partition coefficient (Wildman–Crippen LogP) is 2.61. The van der Waals surface area contributed by atoms with Crippen LogP contribution in [0.1, 0.15) is 28.2 Å². The lowest BCUT2D eigenvalue weighted by molar-refractivity contribution is -0.385.